The lowest BCUT2D eigenvalue weighted by Gasteiger charge is -2.38. The molecule has 0 aromatic heterocycles. The largest absolute Gasteiger partial charge is 0.310 e. The van der Waals surface area contributed by atoms with Crippen LogP contribution in [0.25, 0.3) is 0 Å². The van der Waals surface area contributed by atoms with Crippen LogP contribution in [0, 0.1) is 11.3 Å². The lowest BCUT2D eigenvalue weighted by molar-refractivity contribution is 0.161. The lowest BCUT2D eigenvalue weighted by atomic mass is 9.70. The van der Waals surface area contributed by atoms with E-state index in [2.05, 4.69) is 56.4 Å². The Morgan fingerprint density at radius 1 is 1.16 bits per heavy atom. The highest BCUT2D eigenvalue weighted by molar-refractivity contribution is 5.20. The van der Waals surface area contributed by atoms with E-state index in [1.54, 1.807) is 0 Å². The third-order valence-electron chi connectivity index (χ3n) is 4.63. The molecule has 1 aliphatic rings. The Morgan fingerprint density at radius 3 is 2.37 bits per heavy atom. The lowest BCUT2D eigenvalue weighted by Crippen LogP contribution is -2.33. The number of nitrogens with one attached hydrogen (secondary N) is 1. The normalized spacial score (nSPS) is 21.2. The number of benzene rings is 1. The maximum Gasteiger partial charge on any atom is 0.0348 e. The van der Waals surface area contributed by atoms with Crippen molar-refractivity contribution in [1.29, 1.82) is 0 Å². The van der Waals surface area contributed by atoms with Crippen LogP contribution in [-0.4, -0.2) is 6.54 Å². The first-order valence-corrected chi connectivity index (χ1v) is 7.91. The fraction of sp³-hybridized carbons (Fsp3) is 0.667. The van der Waals surface area contributed by atoms with Crippen LogP contribution in [0.4, 0.5) is 0 Å². The van der Waals surface area contributed by atoms with Crippen LogP contribution in [0.2, 0.25) is 0 Å². The summed E-state index contributed by atoms with van der Waals surface area (Å²) in [5.74, 6) is 0.807. The Labute approximate surface area is 118 Å². The van der Waals surface area contributed by atoms with Crippen molar-refractivity contribution in [1.82, 2.24) is 5.32 Å². The predicted octanol–water partition coefficient (Wildman–Crippen LogP) is 4.94. The van der Waals surface area contributed by atoms with Crippen LogP contribution >= 0.6 is 0 Å². The second-order valence-corrected chi connectivity index (χ2v) is 6.84. The fourth-order valence-corrected chi connectivity index (χ4v) is 3.27. The molecule has 1 saturated carbocycles. The van der Waals surface area contributed by atoms with Gasteiger partial charge in [0.25, 0.3) is 0 Å². The summed E-state index contributed by atoms with van der Waals surface area (Å²) in [6.45, 7) is 8.21. The first-order valence-electron chi connectivity index (χ1n) is 7.91. The molecule has 106 valence electrons. The van der Waals surface area contributed by atoms with Gasteiger partial charge in [-0.15, -0.1) is 0 Å². The molecule has 0 bridgehead atoms. The molecule has 0 radical (unpaired) electrons. The van der Waals surface area contributed by atoms with E-state index in [0.717, 1.165) is 12.5 Å². The number of rotatable bonds is 5. The molecule has 1 nitrogen and oxygen atoms in total. The highest BCUT2D eigenvalue weighted by Crippen LogP contribution is 2.42. The van der Waals surface area contributed by atoms with E-state index in [0.29, 0.717) is 11.5 Å². The van der Waals surface area contributed by atoms with E-state index in [1.165, 1.54) is 37.7 Å². The molecule has 2 rings (SSSR count). The molecular formula is C18H29N. The molecule has 1 atom stereocenters. The summed E-state index contributed by atoms with van der Waals surface area (Å²) in [7, 11) is 0. The van der Waals surface area contributed by atoms with Crippen molar-refractivity contribution in [2.24, 2.45) is 11.3 Å². The van der Waals surface area contributed by atoms with E-state index < -0.39 is 0 Å². The standard InChI is InChI=1S/C18H29N/c1-4-14-19-17(15-8-6-5-7-9-15)16-10-12-18(2,3)13-11-16/h5-9,16-17,19H,4,10-14H2,1-3H3. The maximum atomic E-state index is 3.78. The van der Waals surface area contributed by atoms with E-state index in [4.69, 9.17) is 0 Å². The number of hydrogen-bond donors (Lipinski definition) is 1. The summed E-state index contributed by atoms with van der Waals surface area (Å²) in [4.78, 5) is 0. The zero-order valence-electron chi connectivity index (χ0n) is 12.8. The van der Waals surface area contributed by atoms with Gasteiger partial charge in [-0.2, -0.15) is 0 Å². The van der Waals surface area contributed by atoms with Gasteiger partial charge in [0.05, 0.1) is 0 Å². The molecule has 0 spiro atoms. The van der Waals surface area contributed by atoms with Crippen LogP contribution in [0.1, 0.15) is 64.5 Å². The van der Waals surface area contributed by atoms with Crippen LogP contribution in [0.15, 0.2) is 30.3 Å². The SMILES string of the molecule is CCCNC(c1ccccc1)C1CCC(C)(C)CC1. The molecule has 0 heterocycles. The first-order chi connectivity index (χ1) is 9.12. The minimum Gasteiger partial charge on any atom is -0.310 e. The first kappa shape index (κ1) is 14.6. The third-order valence-corrected chi connectivity index (χ3v) is 4.63. The van der Waals surface area contributed by atoms with Crippen molar-refractivity contribution in [3.8, 4) is 0 Å². The van der Waals surface area contributed by atoms with Crippen molar-refractivity contribution in [3.63, 3.8) is 0 Å². The van der Waals surface area contributed by atoms with Crippen LogP contribution in [-0.2, 0) is 0 Å². The molecule has 0 amide bonds. The van der Waals surface area contributed by atoms with Gasteiger partial charge in [0, 0.05) is 6.04 Å². The smallest absolute Gasteiger partial charge is 0.0348 e. The average molecular weight is 259 g/mol. The molecule has 1 N–H and O–H groups in total. The number of hydrogen-bond acceptors (Lipinski definition) is 1. The minimum absolute atomic E-state index is 0.553. The van der Waals surface area contributed by atoms with Gasteiger partial charge in [0.1, 0.15) is 0 Å². The second kappa shape index (κ2) is 6.56. The van der Waals surface area contributed by atoms with Gasteiger partial charge >= 0.3 is 0 Å². The monoisotopic (exact) mass is 259 g/mol. The molecule has 1 unspecified atom stereocenters. The molecule has 1 aliphatic carbocycles. The van der Waals surface area contributed by atoms with Gasteiger partial charge in [0.15, 0.2) is 0 Å². The predicted molar refractivity (Wildman–Crippen MR) is 83.2 cm³/mol. The van der Waals surface area contributed by atoms with Crippen molar-refractivity contribution in [2.75, 3.05) is 6.54 Å². The van der Waals surface area contributed by atoms with Crippen molar-refractivity contribution < 1.29 is 0 Å². The molecule has 19 heavy (non-hydrogen) atoms. The maximum absolute atomic E-state index is 3.78. The fourth-order valence-electron chi connectivity index (χ4n) is 3.27. The second-order valence-electron chi connectivity index (χ2n) is 6.84. The topological polar surface area (TPSA) is 12.0 Å². The molecule has 0 saturated heterocycles. The Kier molecular flexibility index (Phi) is 5.04. The van der Waals surface area contributed by atoms with Gasteiger partial charge < -0.3 is 5.32 Å². The highest BCUT2D eigenvalue weighted by Gasteiger charge is 2.31. The van der Waals surface area contributed by atoms with Gasteiger partial charge in [-0.3, -0.25) is 0 Å². The zero-order valence-corrected chi connectivity index (χ0v) is 12.8. The van der Waals surface area contributed by atoms with E-state index >= 15 is 0 Å². The summed E-state index contributed by atoms with van der Waals surface area (Å²) in [6, 6.07) is 11.6. The van der Waals surface area contributed by atoms with Gasteiger partial charge in [0.2, 0.25) is 0 Å². The van der Waals surface area contributed by atoms with Gasteiger partial charge in [-0.1, -0.05) is 51.1 Å². The molecule has 1 aromatic carbocycles. The summed E-state index contributed by atoms with van der Waals surface area (Å²) < 4.78 is 0. The van der Waals surface area contributed by atoms with Crippen molar-refractivity contribution in [2.45, 2.75) is 58.9 Å². The molecular weight excluding hydrogens is 230 g/mol. The van der Waals surface area contributed by atoms with Crippen LogP contribution in [0.3, 0.4) is 0 Å². The Morgan fingerprint density at radius 2 is 1.79 bits per heavy atom. The van der Waals surface area contributed by atoms with Crippen LogP contribution in [0.5, 0.6) is 0 Å². The van der Waals surface area contributed by atoms with Crippen molar-refractivity contribution in [3.05, 3.63) is 35.9 Å². The molecule has 1 fully saturated rings. The quantitative estimate of drug-likeness (QED) is 0.789. The molecule has 0 aliphatic heterocycles. The Balaban J connectivity index is 2.06. The summed E-state index contributed by atoms with van der Waals surface area (Å²) in [6.07, 6.45) is 6.68. The van der Waals surface area contributed by atoms with Gasteiger partial charge in [-0.05, 0) is 55.5 Å². The van der Waals surface area contributed by atoms with E-state index in [1.807, 2.05) is 0 Å². The summed E-state index contributed by atoms with van der Waals surface area (Å²) >= 11 is 0. The van der Waals surface area contributed by atoms with E-state index in [-0.39, 0.29) is 0 Å². The zero-order chi connectivity index (χ0) is 13.7. The Bertz CT molecular complexity index is 359. The molecule has 1 aromatic rings. The van der Waals surface area contributed by atoms with Crippen LogP contribution < -0.4 is 5.32 Å². The minimum atomic E-state index is 0.553. The van der Waals surface area contributed by atoms with Crippen molar-refractivity contribution >= 4 is 0 Å². The average Bonchev–Trinajstić information content (AvgIpc) is 2.42. The molecule has 1 heteroatoms. The third kappa shape index (κ3) is 4.07. The van der Waals surface area contributed by atoms with Gasteiger partial charge in [-0.25, -0.2) is 0 Å². The highest BCUT2D eigenvalue weighted by atomic mass is 14.9. The Hall–Kier alpha value is -0.820. The summed E-state index contributed by atoms with van der Waals surface area (Å²) in [5, 5.41) is 3.78. The summed E-state index contributed by atoms with van der Waals surface area (Å²) in [5.41, 5.74) is 2.03. The van der Waals surface area contributed by atoms with E-state index in [9.17, 15) is 0 Å².